The van der Waals surface area contributed by atoms with Crippen LogP contribution in [0.4, 0.5) is 0 Å². The Morgan fingerprint density at radius 1 is 1.17 bits per heavy atom. The minimum Gasteiger partial charge on any atom is -0.478 e. The molecule has 18 heavy (non-hydrogen) atoms. The van der Waals surface area contributed by atoms with Gasteiger partial charge >= 0.3 is 5.97 Å². The lowest BCUT2D eigenvalue weighted by Crippen LogP contribution is -2.14. The first-order valence-electron chi connectivity index (χ1n) is 6.49. The van der Waals surface area contributed by atoms with E-state index in [9.17, 15) is 9.59 Å². The molecular formula is C15H18O3. The van der Waals surface area contributed by atoms with E-state index in [0.717, 1.165) is 38.5 Å². The molecule has 1 N–H and O–H groups in total. The van der Waals surface area contributed by atoms with Gasteiger partial charge in [-0.2, -0.15) is 0 Å². The number of carboxylic acids is 1. The highest BCUT2D eigenvalue weighted by Crippen LogP contribution is 2.25. The number of aromatic carboxylic acids is 1. The quantitative estimate of drug-likeness (QED) is 0.888. The molecule has 2 rings (SSSR count). The summed E-state index contributed by atoms with van der Waals surface area (Å²) in [5, 5.41) is 8.80. The highest BCUT2D eigenvalue weighted by Gasteiger charge is 2.18. The average Bonchev–Trinajstić information content (AvgIpc) is 2.38. The molecule has 1 aliphatic rings. The SMILES string of the molecule is O=C1CCC(CCc2ccc(C(=O)O)cc2)CC1. The number of rotatable bonds is 4. The molecule has 1 saturated carbocycles. The fraction of sp³-hybridized carbons (Fsp3) is 0.467. The van der Waals surface area contributed by atoms with Crippen LogP contribution in [0.3, 0.4) is 0 Å². The maximum atomic E-state index is 11.1. The van der Waals surface area contributed by atoms with Crippen LogP contribution in [0.15, 0.2) is 24.3 Å². The first-order valence-corrected chi connectivity index (χ1v) is 6.49. The molecule has 0 unspecified atom stereocenters. The number of carbonyl (C=O) groups is 2. The third kappa shape index (κ3) is 3.42. The summed E-state index contributed by atoms with van der Waals surface area (Å²) in [4.78, 5) is 21.8. The molecular weight excluding hydrogens is 228 g/mol. The van der Waals surface area contributed by atoms with Crippen molar-refractivity contribution in [2.24, 2.45) is 5.92 Å². The highest BCUT2D eigenvalue weighted by molar-refractivity contribution is 5.87. The summed E-state index contributed by atoms with van der Waals surface area (Å²) in [6, 6.07) is 7.08. The van der Waals surface area contributed by atoms with E-state index in [2.05, 4.69) is 0 Å². The van der Waals surface area contributed by atoms with Crippen LogP contribution >= 0.6 is 0 Å². The molecule has 1 aromatic rings. The summed E-state index contributed by atoms with van der Waals surface area (Å²) in [5.41, 5.74) is 1.51. The van der Waals surface area contributed by atoms with E-state index < -0.39 is 5.97 Å². The molecule has 0 aliphatic heterocycles. The highest BCUT2D eigenvalue weighted by atomic mass is 16.4. The molecule has 1 aliphatic carbocycles. The van der Waals surface area contributed by atoms with Gasteiger partial charge in [-0.1, -0.05) is 12.1 Å². The Balaban J connectivity index is 1.83. The normalized spacial score (nSPS) is 16.8. The van der Waals surface area contributed by atoms with Gasteiger partial charge in [0, 0.05) is 12.8 Å². The third-order valence-corrected chi connectivity index (χ3v) is 3.70. The number of hydrogen-bond donors (Lipinski definition) is 1. The van der Waals surface area contributed by atoms with E-state index in [1.54, 1.807) is 12.1 Å². The number of aryl methyl sites for hydroxylation is 1. The van der Waals surface area contributed by atoms with E-state index in [0.29, 0.717) is 17.3 Å². The fourth-order valence-electron chi connectivity index (χ4n) is 2.47. The number of Topliss-reactive ketones (excluding diaryl/α,β-unsaturated/α-hetero) is 1. The van der Waals surface area contributed by atoms with Crippen molar-refractivity contribution in [3.8, 4) is 0 Å². The fourth-order valence-corrected chi connectivity index (χ4v) is 2.47. The number of ketones is 1. The number of benzene rings is 1. The molecule has 3 heteroatoms. The Morgan fingerprint density at radius 3 is 2.33 bits per heavy atom. The van der Waals surface area contributed by atoms with Gasteiger partial charge in [0.25, 0.3) is 0 Å². The van der Waals surface area contributed by atoms with Crippen molar-refractivity contribution >= 4 is 11.8 Å². The van der Waals surface area contributed by atoms with Crippen molar-refractivity contribution in [3.05, 3.63) is 35.4 Å². The predicted octanol–water partition coefficient (Wildman–Crippen LogP) is 3.08. The summed E-state index contributed by atoms with van der Waals surface area (Å²) in [6.07, 6.45) is 5.59. The lowest BCUT2D eigenvalue weighted by Gasteiger charge is -2.20. The second-order valence-electron chi connectivity index (χ2n) is 5.02. The lowest BCUT2D eigenvalue weighted by atomic mass is 9.84. The molecule has 96 valence electrons. The van der Waals surface area contributed by atoms with Crippen LogP contribution in [0.5, 0.6) is 0 Å². The Kier molecular flexibility index (Phi) is 4.13. The number of carboxylic acid groups (broad SMARTS) is 1. The third-order valence-electron chi connectivity index (χ3n) is 3.70. The Labute approximate surface area is 107 Å². The summed E-state index contributed by atoms with van der Waals surface area (Å²) in [7, 11) is 0. The van der Waals surface area contributed by atoms with Crippen LogP contribution in [-0.4, -0.2) is 16.9 Å². The van der Waals surface area contributed by atoms with Crippen molar-refractivity contribution in [2.45, 2.75) is 38.5 Å². The van der Waals surface area contributed by atoms with Crippen molar-refractivity contribution in [2.75, 3.05) is 0 Å². The predicted molar refractivity (Wildman–Crippen MR) is 68.7 cm³/mol. The van der Waals surface area contributed by atoms with Gasteiger partial charge in [-0.05, 0) is 49.3 Å². The van der Waals surface area contributed by atoms with Gasteiger partial charge in [0.15, 0.2) is 0 Å². The zero-order chi connectivity index (χ0) is 13.0. The molecule has 0 spiro atoms. The molecule has 1 aromatic carbocycles. The molecule has 0 amide bonds. The smallest absolute Gasteiger partial charge is 0.335 e. The van der Waals surface area contributed by atoms with E-state index in [1.165, 1.54) is 5.56 Å². The van der Waals surface area contributed by atoms with Gasteiger partial charge in [0.05, 0.1) is 5.56 Å². The van der Waals surface area contributed by atoms with Gasteiger partial charge in [0.2, 0.25) is 0 Å². The van der Waals surface area contributed by atoms with E-state index in [4.69, 9.17) is 5.11 Å². The van der Waals surface area contributed by atoms with E-state index in [1.807, 2.05) is 12.1 Å². The molecule has 0 heterocycles. The minimum atomic E-state index is -0.882. The molecule has 0 bridgehead atoms. The topological polar surface area (TPSA) is 54.4 Å². The Hall–Kier alpha value is -1.64. The molecule has 0 saturated heterocycles. The second kappa shape index (κ2) is 5.80. The maximum absolute atomic E-state index is 11.1. The van der Waals surface area contributed by atoms with Gasteiger partial charge in [-0.15, -0.1) is 0 Å². The van der Waals surface area contributed by atoms with Crippen LogP contribution in [0, 0.1) is 5.92 Å². The molecule has 0 aromatic heterocycles. The van der Waals surface area contributed by atoms with Crippen LogP contribution in [0.1, 0.15) is 48.0 Å². The van der Waals surface area contributed by atoms with Crippen LogP contribution in [0.25, 0.3) is 0 Å². The Morgan fingerprint density at radius 2 is 1.78 bits per heavy atom. The van der Waals surface area contributed by atoms with Crippen LogP contribution in [-0.2, 0) is 11.2 Å². The van der Waals surface area contributed by atoms with E-state index in [-0.39, 0.29) is 0 Å². The summed E-state index contributed by atoms with van der Waals surface area (Å²) in [6.45, 7) is 0. The number of hydrogen-bond acceptors (Lipinski definition) is 2. The summed E-state index contributed by atoms with van der Waals surface area (Å²) < 4.78 is 0. The molecule has 0 atom stereocenters. The monoisotopic (exact) mass is 246 g/mol. The van der Waals surface area contributed by atoms with Gasteiger partial charge in [-0.25, -0.2) is 4.79 Å². The zero-order valence-electron chi connectivity index (χ0n) is 10.4. The standard InChI is InChI=1S/C15H18O3/c16-14-9-5-12(6-10-14)2-1-11-3-7-13(8-4-11)15(17)18/h3-4,7-8,12H,1-2,5-6,9-10H2,(H,17,18). The van der Waals surface area contributed by atoms with Gasteiger partial charge < -0.3 is 5.11 Å². The molecule has 3 nitrogen and oxygen atoms in total. The van der Waals surface area contributed by atoms with Crippen molar-refractivity contribution in [1.82, 2.24) is 0 Å². The average molecular weight is 246 g/mol. The first-order chi connectivity index (χ1) is 8.65. The van der Waals surface area contributed by atoms with E-state index >= 15 is 0 Å². The molecule has 1 fully saturated rings. The second-order valence-corrected chi connectivity index (χ2v) is 5.02. The van der Waals surface area contributed by atoms with Crippen molar-refractivity contribution in [1.29, 1.82) is 0 Å². The van der Waals surface area contributed by atoms with Crippen molar-refractivity contribution in [3.63, 3.8) is 0 Å². The van der Waals surface area contributed by atoms with Crippen molar-refractivity contribution < 1.29 is 14.7 Å². The van der Waals surface area contributed by atoms with Crippen LogP contribution in [0.2, 0.25) is 0 Å². The van der Waals surface area contributed by atoms with Crippen LogP contribution < -0.4 is 0 Å². The summed E-state index contributed by atoms with van der Waals surface area (Å²) >= 11 is 0. The largest absolute Gasteiger partial charge is 0.478 e. The lowest BCUT2D eigenvalue weighted by molar-refractivity contribution is -0.121. The maximum Gasteiger partial charge on any atom is 0.335 e. The van der Waals surface area contributed by atoms with Gasteiger partial charge in [-0.3, -0.25) is 4.79 Å². The molecule has 0 radical (unpaired) electrons. The summed E-state index contributed by atoms with van der Waals surface area (Å²) in [5.74, 6) is 0.172. The van der Waals surface area contributed by atoms with Gasteiger partial charge in [0.1, 0.15) is 5.78 Å². The zero-order valence-corrected chi connectivity index (χ0v) is 10.4. The Bertz CT molecular complexity index is 424. The number of carbonyl (C=O) groups excluding carboxylic acids is 1. The minimum absolute atomic E-state index is 0.335. The first kappa shape index (κ1) is 12.8.